The third-order valence-electron chi connectivity index (χ3n) is 3.27. The summed E-state index contributed by atoms with van der Waals surface area (Å²) in [6.07, 6.45) is 3.08. The molecule has 1 aromatic heterocycles. The fourth-order valence-electron chi connectivity index (χ4n) is 2.10. The molecule has 4 nitrogen and oxygen atoms in total. The lowest BCUT2D eigenvalue weighted by Gasteiger charge is -2.06. The lowest BCUT2D eigenvalue weighted by molar-refractivity contribution is -0.138. The van der Waals surface area contributed by atoms with Crippen molar-refractivity contribution >= 4 is 49.5 Å². The van der Waals surface area contributed by atoms with Crippen LogP contribution < -0.4 is 4.74 Å². The summed E-state index contributed by atoms with van der Waals surface area (Å²) in [6.45, 7) is 0.200. The second-order valence-corrected chi connectivity index (χ2v) is 6.85. The standard InChI is InChI=1S/C18H14BrNO3S/c1-22-15-7-6-12(10-13(15)19)11-23-18(21)9-8-17-20-14-4-2-3-5-16(14)24-17/h2-10H,11H2,1H3/b9-8+. The molecule has 122 valence electrons. The van der Waals surface area contributed by atoms with Crippen LogP contribution in [0, 0.1) is 0 Å². The Morgan fingerprint density at radius 3 is 2.88 bits per heavy atom. The lowest BCUT2D eigenvalue weighted by Crippen LogP contribution is -2.00. The molecule has 0 fully saturated rings. The molecule has 6 heteroatoms. The molecule has 2 aromatic carbocycles. The van der Waals surface area contributed by atoms with Gasteiger partial charge in [0.2, 0.25) is 0 Å². The molecule has 24 heavy (non-hydrogen) atoms. The summed E-state index contributed by atoms with van der Waals surface area (Å²) >= 11 is 4.94. The van der Waals surface area contributed by atoms with Gasteiger partial charge in [0.15, 0.2) is 0 Å². The van der Waals surface area contributed by atoms with Crippen LogP contribution in [0.2, 0.25) is 0 Å². The largest absolute Gasteiger partial charge is 0.496 e. The minimum absolute atomic E-state index is 0.200. The maximum atomic E-state index is 11.8. The van der Waals surface area contributed by atoms with Crippen molar-refractivity contribution < 1.29 is 14.3 Å². The highest BCUT2D eigenvalue weighted by molar-refractivity contribution is 9.10. The third-order valence-corrected chi connectivity index (χ3v) is 4.89. The molecule has 0 radical (unpaired) electrons. The summed E-state index contributed by atoms with van der Waals surface area (Å²) in [4.78, 5) is 16.3. The van der Waals surface area contributed by atoms with Crippen LogP contribution in [0.4, 0.5) is 0 Å². The number of methoxy groups -OCH3 is 1. The van der Waals surface area contributed by atoms with Crippen LogP contribution in [-0.2, 0) is 16.1 Å². The molecule has 0 bridgehead atoms. The van der Waals surface area contributed by atoms with Crippen LogP contribution in [0.1, 0.15) is 10.6 Å². The van der Waals surface area contributed by atoms with Crippen LogP contribution in [0.15, 0.2) is 53.0 Å². The first kappa shape index (κ1) is 16.7. The maximum Gasteiger partial charge on any atom is 0.331 e. The lowest BCUT2D eigenvalue weighted by atomic mass is 10.2. The topological polar surface area (TPSA) is 48.4 Å². The van der Waals surface area contributed by atoms with E-state index >= 15 is 0 Å². The zero-order chi connectivity index (χ0) is 16.9. The highest BCUT2D eigenvalue weighted by atomic mass is 79.9. The molecular formula is C18H14BrNO3S. The number of carbonyl (C=O) groups is 1. The number of rotatable bonds is 5. The summed E-state index contributed by atoms with van der Waals surface area (Å²) in [5.74, 6) is 0.335. The number of esters is 1. The van der Waals surface area contributed by atoms with Gasteiger partial charge in [-0.1, -0.05) is 18.2 Å². The number of benzene rings is 2. The van der Waals surface area contributed by atoms with Crippen LogP contribution in [-0.4, -0.2) is 18.1 Å². The Hall–Kier alpha value is -2.18. The van der Waals surface area contributed by atoms with Gasteiger partial charge in [0, 0.05) is 6.08 Å². The minimum Gasteiger partial charge on any atom is -0.496 e. The van der Waals surface area contributed by atoms with Crippen molar-refractivity contribution in [2.75, 3.05) is 7.11 Å². The molecule has 0 spiro atoms. The van der Waals surface area contributed by atoms with Gasteiger partial charge < -0.3 is 9.47 Å². The third kappa shape index (κ3) is 4.01. The number of thiazole rings is 1. The van der Waals surface area contributed by atoms with E-state index in [-0.39, 0.29) is 6.61 Å². The fourth-order valence-corrected chi connectivity index (χ4v) is 3.56. The van der Waals surface area contributed by atoms with Crippen molar-refractivity contribution in [1.82, 2.24) is 4.98 Å². The highest BCUT2D eigenvalue weighted by Gasteiger charge is 2.05. The van der Waals surface area contributed by atoms with Crippen molar-refractivity contribution in [2.24, 2.45) is 0 Å². The van der Waals surface area contributed by atoms with Crippen LogP contribution in [0.3, 0.4) is 0 Å². The Labute approximate surface area is 151 Å². The monoisotopic (exact) mass is 403 g/mol. The first-order chi connectivity index (χ1) is 11.7. The van der Waals surface area contributed by atoms with Crippen LogP contribution in [0.25, 0.3) is 16.3 Å². The Morgan fingerprint density at radius 1 is 1.29 bits per heavy atom. The minimum atomic E-state index is -0.402. The number of fused-ring (bicyclic) bond motifs is 1. The molecule has 3 aromatic rings. The summed E-state index contributed by atoms with van der Waals surface area (Å²) in [5, 5.41) is 0.778. The Morgan fingerprint density at radius 2 is 2.12 bits per heavy atom. The second kappa shape index (κ2) is 7.59. The van der Waals surface area contributed by atoms with Crippen molar-refractivity contribution in [3.8, 4) is 5.75 Å². The summed E-state index contributed by atoms with van der Waals surface area (Å²) in [6, 6.07) is 13.4. The van der Waals surface area contributed by atoms with Crippen molar-refractivity contribution in [3.63, 3.8) is 0 Å². The first-order valence-corrected chi connectivity index (χ1v) is 8.79. The van der Waals surface area contributed by atoms with Crippen LogP contribution >= 0.6 is 27.3 Å². The van der Waals surface area contributed by atoms with E-state index in [9.17, 15) is 4.79 Å². The SMILES string of the molecule is COc1ccc(COC(=O)/C=C/c2nc3ccccc3s2)cc1Br. The van der Waals surface area contributed by atoms with Gasteiger partial charge in [0.1, 0.15) is 17.4 Å². The molecule has 3 rings (SSSR count). The predicted molar refractivity (Wildman–Crippen MR) is 99.1 cm³/mol. The molecule has 0 aliphatic carbocycles. The smallest absolute Gasteiger partial charge is 0.331 e. The molecule has 0 saturated carbocycles. The van der Waals surface area contributed by atoms with E-state index in [1.54, 1.807) is 13.2 Å². The molecule has 1 heterocycles. The number of ether oxygens (including phenoxy) is 2. The van der Waals surface area contributed by atoms with E-state index in [0.717, 1.165) is 31.0 Å². The summed E-state index contributed by atoms with van der Waals surface area (Å²) in [7, 11) is 1.60. The van der Waals surface area contributed by atoms with Gasteiger partial charge in [-0.2, -0.15) is 0 Å². The Kier molecular flexibility index (Phi) is 5.27. The average molecular weight is 404 g/mol. The van der Waals surface area contributed by atoms with E-state index in [1.807, 2.05) is 42.5 Å². The number of para-hydroxylation sites is 1. The highest BCUT2D eigenvalue weighted by Crippen LogP contribution is 2.26. The quantitative estimate of drug-likeness (QED) is 0.452. The van der Waals surface area contributed by atoms with E-state index < -0.39 is 5.97 Å². The zero-order valence-corrected chi connectivity index (χ0v) is 15.3. The summed E-state index contributed by atoms with van der Waals surface area (Å²) < 4.78 is 12.3. The van der Waals surface area contributed by atoms with E-state index in [2.05, 4.69) is 20.9 Å². The fraction of sp³-hybridized carbons (Fsp3) is 0.111. The van der Waals surface area contributed by atoms with Gasteiger partial charge >= 0.3 is 5.97 Å². The normalized spacial score (nSPS) is 11.1. The van der Waals surface area contributed by atoms with Gasteiger partial charge in [-0.15, -0.1) is 11.3 Å². The number of aromatic nitrogens is 1. The summed E-state index contributed by atoms with van der Waals surface area (Å²) in [5.41, 5.74) is 1.81. The van der Waals surface area contributed by atoms with E-state index in [1.165, 1.54) is 17.4 Å². The number of carbonyl (C=O) groups excluding carboxylic acids is 1. The van der Waals surface area contributed by atoms with E-state index in [4.69, 9.17) is 9.47 Å². The first-order valence-electron chi connectivity index (χ1n) is 7.18. The average Bonchev–Trinajstić information content (AvgIpc) is 3.01. The van der Waals surface area contributed by atoms with Crippen LogP contribution in [0.5, 0.6) is 5.75 Å². The number of hydrogen-bond acceptors (Lipinski definition) is 5. The van der Waals surface area contributed by atoms with Gasteiger partial charge in [-0.25, -0.2) is 9.78 Å². The Bertz CT molecular complexity index is 871. The van der Waals surface area contributed by atoms with Gasteiger partial charge in [0.05, 0.1) is 21.8 Å². The number of hydrogen-bond donors (Lipinski definition) is 0. The molecule has 0 aliphatic heterocycles. The Balaban J connectivity index is 1.60. The number of halogens is 1. The van der Waals surface area contributed by atoms with Gasteiger partial charge in [0.25, 0.3) is 0 Å². The van der Waals surface area contributed by atoms with Gasteiger partial charge in [-0.05, 0) is 51.8 Å². The van der Waals surface area contributed by atoms with E-state index in [0.29, 0.717) is 0 Å². The van der Waals surface area contributed by atoms with Crippen molar-refractivity contribution in [2.45, 2.75) is 6.61 Å². The zero-order valence-electron chi connectivity index (χ0n) is 12.9. The number of nitrogens with zero attached hydrogens (tertiary/aromatic N) is 1. The van der Waals surface area contributed by atoms with Gasteiger partial charge in [-0.3, -0.25) is 0 Å². The molecular weight excluding hydrogens is 390 g/mol. The molecule has 0 atom stereocenters. The maximum absolute atomic E-state index is 11.8. The molecule has 0 unspecified atom stereocenters. The second-order valence-electron chi connectivity index (χ2n) is 4.93. The molecule has 0 amide bonds. The molecule has 0 N–H and O–H groups in total. The van der Waals surface area contributed by atoms with Crippen molar-refractivity contribution in [3.05, 3.63) is 63.6 Å². The molecule has 0 aliphatic rings. The van der Waals surface area contributed by atoms with Crippen molar-refractivity contribution in [1.29, 1.82) is 0 Å². The molecule has 0 saturated heterocycles. The predicted octanol–water partition coefficient (Wildman–Crippen LogP) is 4.82.